The molecule has 1 heterocycles. The Bertz CT molecular complexity index is 1290. The van der Waals surface area contributed by atoms with Crippen molar-refractivity contribution in [3.63, 3.8) is 0 Å². The number of unbranched alkanes of at least 4 members (excludes halogenated alkanes) is 21. The summed E-state index contributed by atoms with van der Waals surface area (Å²) < 4.78 is 11.2. The monoisotopic (exact) mass is 912 g/mol. The van der Waals surface area contributed by atoms with Crippen LogP contribution in [0.4, 0.5) is 0 Å². The highest BCUT2D eigenvalue weighted by atomic mass is 16.7. The minimum absolute atomic E-state index is 0.208. The minimum Gasteiger partial charge on any atom is -0.394 e. The predicted octanol–water partition coefficient (Wildman–Crippen LogP) is 12.3. The molecule has 0 aromatic rings. The number of allylic oxidation sites excluding steroid dienone is 13. The van der Waals surface area contributed by atoms with Crippen molar-refractivity contribution < 1.29 is 39.8 Å². The van der Waals surface area contributed by atoms with Crippen LogP contribution in [0.15, 0.2) is 85.1 Å². The number of amides is 1. The van der Waals surface area contributed by atoms with Crippen LogP contribution in [0.25, 0.3) is 0 Å². The van der Waals surface area contributed by atoms with E-state index in [9.17, 15) is 30.3 Å². The van der Waals surface area contributed by atoms with Crippen molar-refractivity contribution in [3.05, 3.63) is 85.1 Å². The van der Waals surface area contributed by atoms with E-state index < -0.39 is 49.5 Å². The molecule has 1 fully saturated rings. The molecule has 0 aromatic heterocycles. The van der Waals surface area contributed by atoms with Crippen molar-refractivity contribution in [3.8, 4) is 0 Å². The predicted molar refractivity (Wildman–Crippen MR) is 271 cm³/mol. The molecule has 65 heavy (non-hydrogen) atoms. The smallest absolute Gasteiger partial charge is 0.220 e. The summed E-state index contributed by atoms with van der Waals surface area (Å²) in [5.41, 5.74) is 0. The number of aliphatic hydroxyl groups is 5. The fourth-order valence-electron chi connectivity index (χ4n) is 7.77. The number of nitrogens with one attached hydrogen (secondary N) is 1. The summed E-state index contributed by atoms with van der Waals surface area (Å²) in [6, 6.07) is -0.841. The maximum atomic E-state index is 13.0. The van der Waals surface area contributed by atoms with Gasteiger partial charge in [0.2, 0.25) is 5.91 Å². The Hall–Kier alpha value is -2.63. The van der Waals surface area contributed by atoms with Gasteiger partial charge in [0.15, 0.2) is 6.29 Å². The minimum atomic E-state index is -1.58. The normalized spacial score (nSPS) is 20.6. The van der Waals surface area contributed by atoms with Gasteiger partial charge in [-0.1, -0.05) is 202 Å². The Balaban J connectivity index is 2.34. The van der Waals surface area contributed by atoms with Gasteiger partial charge in [-0.3, -0.25) is 4.79 Å². The topological polar surface area (TPSA) is 149 Å². The van der Waals surface area contributed by atoms with Crippen molar-refractivity contribution >= 4 is 5.91 Å². The molecule has 1 rings (SSSR count). The zero-order valence-electron chi connectivity index (χ0n) is 41.2. The fourth-order valence-corrected chi connectivity index (χ4v) is 7.77. The number of hydrogen-bond donors (Lipinski definition) is 6. The van der Waals surface area contributed by atoms with E-state index in [0.29, 0.717) is 6.42 Å². The van der Waals surface area contributed by atoms with Crippen LogP contribution in [0.5, 0.6) is 0 Å². The molecule has 0 radical (unpaired) electrons. The van der Waals surface area contributed by atoms with E-state index in [4.69, 9.17) is 9.47 Å². The second-order valence-corrected chi connectivity index (χ2v) is 17.9. The third-order valence-electron chi connectivity index (χ3n) is 11.9. The Morgan fingerprint density at radius 2 is 0.969 bits per heavy atom. The zero-order chi connectivity index (χ0) is 47.3. The molecule has 0 saturated carbocycles. The van der Waals surface area contributed by atoms with Crippen molar-refractivity contribution in [2.24, 2.45) is 0 Å². The van der Waals surface area contributed by atoms with Gasteiger partial charge in [0.05, 0.1) is 25.4 Å². The summed E-state index contributed by atoms with van der Waals surface area (Å²) in [6.07, 6.45) is 56.3. The van der Waals surface area contributed by atoms with Crippen LogP contribution in [-0.2, 0) is 14.3 Å². The second kappa shape index (κ2) is 45.2. The first-order chi connectivity index (χ1) is 31.8. The van der Waals surface area contributed by atoms with Gasteiger partial charge in [0.1, 0.15) is 24.4 Å². The van der Waals surface area contributed by atoms with Gasteiger partial charge in [-0.15, -0.1) is 0 Å². The van der Waals surface area contributed by atoms with Crippen molar-refractivity contribution in [2.75, 3.05) is 13.2 Å². The van der Waals surface area contributed by atoms with Crippen LogP contribution in [0.1, 0.15) is 206 Å². The molecule has 1 amide bonds. The Morgan fingerprint density at radius 3 is 1.48 bits per heavy atom. The van der Waals surface area contributed by atoms with Gasteiger partial charge in [0.25, 0.3) is 0 Å². The third-order valence-corrected chi connectivity index (χ3v) is 11.9. The van der Waals surface area contributed by atoms with E-state index >= 15 is 0 Å². The highest BCUT2D eigenvalue weighted by Gasteiger charge is 2.44. The van der Waals surface area contributed by atoms with Crippen LogP contribution in [0, 0.1) is 0 Å². The first kappa shape index (κ1) is 60.4. The molecule has 9 nitrogen and oxygen atoms in total. The molecule has 9 heteroatoms. The lowest BCUT2D eigenvalue weighted by Gasteiger charge is -2.40. The van der Waals surface area contributed by atoms with E-state index in [-0.39, 0.29) is 12.5 Å². The molecule has 0 aliphatic carbocycles. The van der Waals surface area contributed by atoms with Crippen molar-refractivity contribution in [1.82, 2.24) is 5.32 Å². The maximum absolute atomic E-state index is 13.0. The van der Waals surface area contributed by atoms with Crippen LogP contribution in [-0.4, -0.2) is 87.5 Å². The molecule has 374 valence electrons. The average Bonchev–Trinajstić information content (AvgIpc) is 3.31. The Labute approximate surface area is 397 Å². The summed E-state index contributed by atoms with van der Waals surface area (Å²) in [5.74, 6) is -0.208. The Morgan fingerprint density at radius 1 is 0.538 bits per heavy atom. The molecular weight excluding hydrogens is 815 g/mol. The SMILES string of the molecule is CC/C=C\C/C=C\C/C=C\C/C=C\CCCCCCCCC(=O)NC(COC1OC(CO)C(O)C(O)C1O)C(O)/C=C/CC/C=C/CC/C=C/CCCCCCCCCCCCCCC. The summed E-state index contributed by atoms with van der Waals surface area (Å²) in [6.45, 7) is 3.63. The van der Waals surface area contributed by atoms with E-state index in [0.717, 1.165) is 103 Å². The lowest BCUT2D eigenvalue weighted by Crippen LogP contribution is -2.60. The van der Waals surface area contributed by atoms with Gasteiger partial charge < -0.3 is 40.3 Å². The van der Waals surface area contributed by atoms with Gasteiger partial charge in [-0.05, 0) is 83.5 Å². The van der Waals surface area contributed by atoms with E-state index in [2.05, 4.69) is 92.1 Å². The van der Waals surface area contributed by atoms with E-state index in [1.165, 1.54) is 83.5 Å². The summed E-state index contributed by atoms with van der Waals surface area (Å²) >= 11 is 0. The maximum Gasteiger partial charge on any atom is 0.220 e. The highest BCUT2D eigenvalue weighted by Crippen LogP contribution is 2.22. The summed E-state index contributed by atoms with van der Waals surface area (Å²) in [4.78, 5) is 13.0. The molecular formula is C56H97NO8. The molecule has 0 bridgehead atoms. The van der Waals surface area contributed by atoms with Crippen LogP contribution >= 0.6 is 0 Å². The Kier molecular flexibility index (Phi) is 42.0. The van der Waals surface area contributed by atoms with Gasteiger partial charge in [-0.25, -0.2) is 0 Å². The number of carbonyl (C=O) groups is 1. The average molecular weight is 912 g/mol. The molecule has 7 unspecified atom stereocenters. The largest absolute Gasteiger partial charge is 0.394 e. The van der Waals surface area contributed by atoms with Crippen molar-refractivity contribution in [2.45, 2.75) is 249 Å². The molecule has 6 N–H and O–H groups in total. The molecule has 1 saturated heterocycles. The van der Waals surface area contributed by atoms with E-state index in [1.54, 1.807) is 6.08 Å². The van der Waals surface area contributed by atoms with Crippen LogP contribution in [0.2, 0.25) is 0 Å². The fraction of sp³-hybridized carbons (Fsp3) is 0.732. The molecule has 0 aromatic carbocycles. The van der Waals surface area contributed by atoms with Gasteiger partial charge in [-0.2, -0.15) is 0 Å². The standard InChI is InChI=1S/C56H97NO8/c1-3-5-7-9-11-13-15-17-19-21-23-24-25-26-28-29-31-33-35-37-39-41-43-45-50(59)49(48-64-56-55(63)54(62)53(61)51(47-58)65-56)57-52(60)46-44-42-40-38-36-34-32-30-27-22-20-18-16-14-12-10-8-6-4-2/h6,8,12,14,18,20,27-30,35,37,43,45,49-51,53-56,58-59,61-63H,3-5,7,9-11,13,15-17,19,21-26,31-34,36,38-42,44,46-48H2,1-2H3,(H,57,60)/b8-6-,14-12-,20-18-,29-28+,30-27-,37-35+,45-43+. The molecule has 1 aliphatic rings. The van der Waals surface area contributed by atoms with Gasteiger partial charge >= 0.3 is 0 Å². The van der Waals surface area contributed by atoms with E-state index in [1.807, 2.05) is 6.08 Å². The number of hydrogen-bond acceptors (Lipinski definition) is 8. The van der Waals surface area contributed by atoms with Gasteiger partial charge in [0, 0.05) is 6.42 Å². The lowest BCUT2D eigenvalue weighted by atomic mass is 9.99. The number of aliphatic hydroxyl groups excluding tert-OH is 5. The number of carbonyl (C=O) groups excluding carboxylic acids is 1. The lowest BCUT2D eigenvalue weighted by molar-refractivity contribution is -0.302. The first-order valence-electron chi connectivity index (χ1n) is 26.3. The second-order valence-electron chi connectivity index (χ2n) is 17.9. The highest BCUT2D eigenvalue weighted by molar-refractivity contribution is 5.76. The van der Waals surface area contributed by atoms with Crippen LogP contribution < -0.4 is 5.32 Å². The molecule has 1 aliphatic heterocycles. The summed E-state index contributed by atoms with van der Waals surface area (Å²) in [5, 5.41) is 54.4. The van der Waals surface area contributed by atoms with Crippen LogP contribution in [0.3, 0.4) is 0 Å². The molecule has 0 spiro atoms. The van der Waals surface area contributed by atoms with Crippen molar-refractivity contribution in [1.29, 1.82) is 0 Å². The number of ether oxygens (including phenoxy) is 2. The summed E-state index contributed by atoms with van der Waals surface area (Å²) in [7, 11) is 0. The zero-order valence-corrected chi connectivity index (χ0v) is 41.2. The third kappa shape index (κ3) is 35.2. The quantitative estimate of drug-likeness (QED) is 0.0262. The number of rotatable bonds is 43. The molecule has 7 atom stereocenters. The first-order valence-corrected chi connectivity index (χ1v) is 26.3.